The second-order valence-electron chi connectivity index (χ2n) is 15.2. The van der Waals surface area contributed by atoms with Crippen LogP contribution in [-0.2, 0) is 14.3 Å². The second-order valence-corrected chi connectivity index (χ2v) is 15.2. The fourth-order valence-electron chi connectivity index (χ4n) is 9.49. The first-order chi connectivity index (χ1) is 20.2. The van der Waals surface area contributed by atoms with Gasteiger partial charge in [-0.2, -0.15) is 0 Å². The minimum Gasteiger partial charge on any atom is -0.379 e. The lowest BCUT2D eigenvalue weighted by Crippen LogP contribution is -2.55. The molecule has 240 valence electrons. The number of rotatable bonds is 8. The molecule has 2 amide bonds. The third-order valence-electron chi connectivity index (χ3n) is 12.3. The number of morpholine rings is 1. The fourth-order valence-corrected chi connectivity index (χ4v) is 9.49. The Morgan fingerprint density at radius 2 is 1.67 bits per heavy atom. The third-order valence-corrected chi connectivity index (χ3v) is 12.3. The van der Waals surface area contributed by atoms with E-state index in [0.29, 0.717) is 36.5 Å². The highest BCUT2D eigenvalue weighted by Gasteiger charge is 2.45. The smallest absolute Gasteiger partial charge is 0.225 e. The summed E-state index contributed by atoms with van der Waals surface area (Å²) in [5.74, 6) is 2.85. The molecule has 7 atom stereocenters. The van der Waals surface area contributed by atoms with Crippen molar-refractivity contribution in [2.75, 3.05) is 46.4 Å². The van der Waals surface area contributed by atoms with Crippen molar-refractivity contribution in [2.45, 2.75) is 116 Å². The van der Waals surface area contributed by atoms with Crippen LogP contribution in [0.15, 0.2) is 0 Å². The lowest BCUT2D eigenvalue weighted by Gasteiger charge is -2.49. The molecule has 8 nitrogen and oxygen atoms in total. The van der Waals surface area contributed by atoms with Gasteiger partial charge in [-0.1, -0.05) is 13.8 Å². The lowest BCUT2D eigenvalue weighted by molar-refractivity contribution is -0.133. The molecular weight excluding hydrogens is 526 g/mol. The van der Waals surface area contributed by atoms with Crippen LogP contribution in [0.25, 0.3) is 0 Å². The van der Waals surface area contributed by atoms with E-state index in [2.05, 4.69) is 48.3 Å². The Morgan fingerprint density at radius 1 is 0.976 bits per heavy atom. The van der Waals surface area contributed by atoms with E-state index in [1.165, 1.54) is 51.5 Å². The van der Waals surface area contributed by atoms with Gasteiger partial charge >= 0.3 is 0 Å². The molecule has 4 N–H and O–H groups in total. The highest BCUT2D eigenvalue weighted by Crippen LogP contribution is 2.46. The van der Waals surface area contributed by atoms with Crippen molar-refractivity contribution < 1.29 is 14.3 Å². The number of nitrogens with two attached hydrogens (primary N) is 1. The molecule has 5 fully saturated rings. The molecule has 3 saturated carbocycles. The molecule has 0 radical (unpaired) electrons. The maximum Gasteiger partial charge on any atom is 0.225 e. The number of nitrogens with one attached hydrogen (secondary N) is 2. The van der Waals surface area contributed by atoms with Gasteiger partial charge in [0.05, 0.1) is 19.1 Å². The van der Waals surface area contributed by atoms with Crippen molar-refractivity contribution in [3.8, 4) is 0 Å². The molecule has 0 aromatic heterocycles. The number of hydrogen-bond donors (Lipinski definition) is 3. The maximum absolute atomic E-state index is 13.9. The third kappa shape index (κ3) is 7.89. The van der Waals surface area contributed by atoms with Gasteiger partial charge < -0.3 is 26.0 Å². The van der Waals surface area contributed by atoms with Gasteiger partial charge in [-0.05, 0) is 114 Å². The minimum atomic E-state index is -0.133. The Bertz CT molecular complexity index is 880. The van der Waals surface area contributed by atoms with Gasteiger partial charge in [0.15, 0.2) is 0 Å². The van der Waals surface area contributed by atoms with Crippen LogP contribution in [-0.4, -0.2) is 92.2 Å². The Balaban J connectivity index is 1.23. The molecule has 2 heterocycles. The van der Waals surface area contributed by atoms with Crippen molar-refractivity contribution in [2.24, 2.45) is 47.2 Å². The molecule has 0 aromatic carbocycles. The molecule has 5 rings (SSSR count). The highest BCUT2D eigenvalue weighted by atomic mass is 16.5. The van der Waals surface area contributed by atoms with Gasteiger partial charge in [0.1, 0.15) is 0 Å². The first-order valence-corrected chi connectivity index (χ1v) is 17.5. The van der Waals surface area contributed by atoms with Crippen LogP contribution in [0.2, 0.25) is 0 Å². The predicted molar refractivity (Wildman–Crippen MR) is 168 cm³/mol. The van der Waals surface area contributed by atoms with Gasteiger partial charge in [-0.25, -0.2) is 0 Å². The molecule has 0 aromatic rings. The van der Waals surface area contributed by atoms with Gasteiger partial charge in [0, 0.05) is 56.3 Å². The summed E-state index contributed by atoms with van der Waals surface area (Å²) in [5, 5.41) is 6.40. The normalized spacial score (nSPS) is 42.2. The quantitative estimate of drug-likeness (QED) is 0.401. The topological polar surface area (TPSA) is 99.9 Å². The average Bonchev–Trinajstić information content (AvgIpc) is 2.97. The van der Waals surface area contributed by atoms with Crippen LogP contribution in [0, 0.1) is 41.4 Å². The number of hydrogen-bond acceptors (Lipinski definition) is 6. The van der Waals surface area contributed by atoms with Crippen LogP contribution < -0.4 is 16.4 Å². The van der Waals surface area contributed by atoms with Crippen molar-refractivity contribution in [3.05, 3.63) is 0 Å². The Kier molecular flexibility index (Phi) is 11.3. The summed E-state index contributed by atoms with van der Waals surface area (Å²) in [6.07, 6.45) is 13.0. The fraction of sp³-hybridized carbons (Fsp3) is 0.941. The molecule has 42 heavy (non-hydrogen) atoms. The highest BCUT2D eigenvalue weighted by molar-refractivity contribution is 5.83. The van der Waals surface area contributed by atoms with Crippen molar-refractivity contribution >= 4 is 11.8 Å². The summed E-state index contributed by atoms with van der Waals surface area (Å²) < 4.78 is 5.56. The molecule has 0 spiro atoms. The summed E-state index contributed by atoms with van der Waals surface area (Å²) in [5.41, 5.74) is 6.27. The van der Waals surface area contributed by atoms with Crippen LogP contribution >= 0.6 is 0 Å². The Morgan fingerprint density at radius 3 is 2.33 bits per heavy atom. The summed E-state index contributed by atoms with van der Waals surface area (Å²) in [6.45, 7) is 12.2. The summed E-state index contributed by atoms with van der Waals surface area (Å²) in [7, 11) is 2.33. The summed E-state index contributed by atoms with van der Waals surface area (Å²) >= 11 is 0. The Labute approximate surface area is 255 Å². The monoisotopic (exact) mass is 587 g/mol. The van der Waals surface area contributed by atoms with Gasteiger partial charge in [0.2, 0.25) is 11.8 Å². The van der Waals surface area contributed by atoms with E-state index in [4.69, 9.17) is 10.5 Å². The number of carbonyl (C=O) groups is 2. The van der Waals surface area contributed by atoms with E-state index in [-0.39, 0.29) is 35.6 Å². The molecule has 5 aliphatic rings. The van der Waals surface area contributed by atoms with E-state index in [1.54, 1.807) is 0 Å². The lowest BCUT2D eigenvalue weighted by atomic mass is 9.63. The largest absolute Gasteiger partial charge is 0.379 e. The van der Waals surface area contributed by atoms with E-state index >= 15 is 0 Å². The van der Waals surface area contributed by atoms with Crippen molar-refractivity contribution in [1.29, 1.82) is 0 Å². The van der Waals surface area contributed by atoms with Gasteiger partial charge in [0.25, 0.3) is 0 Å². The first kappa shape index (κ1) is 32.2. The molecule has 0 bridgehead atoms. The first-order valence-electron chi connectivity index (χ1n) is 17.5. The van der Waals surface area contributed by atoms with Crippen LogP contribution in [0.5, 0.6) is 0 Å². The number of amides is 2. The van der Waals surface area contributed by atoms with E-state index in [0.717, 1.165) is 63.8 Å². The van der Waals surface area contributed by atoms with E-state index in [1.807, 2.05) is 0 Å². The molecule has 8 heteroatoms. The standard InChI is InChI=1S/C34H61N5O3/c1-22-17-23(2)37-34(41)31(22)20-36-33(40)30-18-27(19-32(24(30)3)38(4)29-11-9-28(35)10-12-29)26-7-5-25(6-8-26)21-39-13-15-42-16-14-39/h22-32H,5-21,35H2,1-4H3,(H,36,40)(H,37,41). The Hall–Kier alpha value is -1.22. The van der Waals surface area contributed by atoms with E-state index in [9.17, 15) is 9.59 Å². The molecule has 3 aliphatic carbocycles. The number of carbonyl (C=O) groups excluding carboxylic acids is 2. The number of nitrogens with zero attached hydrogens (tertiary/aromatic N) is 2. The van der Waals surface area contributed by atoms with Crippen LogP contribution in [0.1, 0.15) is 91.4 Å². The minimum absolute atomic E-state index is 0.00834. The van der Waals surface area contributed by atoms with Crippen molar-refractivity contribution in [3.63, 3.8) is 0 Å². The SMILES string of the molecule is CC1CC(C)C(CNC(=O)C2CC(C3CCC(CN4CCOCC4)CC3)CC(N(C)C3CCC(N)CC3)C2C)C(=O)N1. The molecular formula is C34H61N5O3. The second kappa shape index (κ2) is 14.7. The number of piperidine rings is 1. The molecule has 7 unspecified atom stereocenters. The van der Waals surface area contributed by atoms with Gasteiger partial charge in [-0.3, -0.25) is 14.5 Å². The zero-order valence-corrected chi connectivity index (χ0v) is 27.1. The van der Waals surface area contributed by atoms with Crippen molar-refractivity contribution in [1.82, 2.24) is 20.4 Å². The zero-order valence-electron chi connectivity index (χ0n) is 27.1. The van der Waals surface area contributed by atoms with Gasteiger partial charge in [-0.15, -0.1) is 0 Å². The summed E-state index contributed by atoms with van der Waals surface area (Å²) in [6, 6.07) is 1.55. The van der Waals surface area contributed by atoms with Crippen LogP contribution in [0.3, 0.4) is 0 Å². The molecule has 2 aliphatic heterocycles. The average molecular weight is 588 g/mol. The molecule has 2 saturated heterocycles. The maximum atomic E-state index is 13.9. The predicted octanol–water partition coefficient (Wildman–Crippen LogP) is 3.63. The summed E-state index contributed by atoms with van der Waals surface area (Å²) in [4.78, 5) is 31.9. The number of ether oxygens (including phenoxy) is 1. The van der Waals surface area contributed by atoms with E-state index < -0.39 is 0 Å². The zero-order chi connectivity index (χ0) is 29.8. The van der Waals surface area contributed by atoms with Crippen LogP contribution in [0.4, 0.5) is 0 Å².